The highest BCUT2D eigenvalue weighted by atomic mass is 16.5. The summed E-state index contributed by atoms with van der Waals surface area (Å²) in [5.74, 6) is -0.534. The summed E-state index contributed by atoms with van der Waals surface area (Å²) in [6, 6.07) is 6.70. The van der Waals surface area contributed by atoms with E-state index in [1.807, 2.05) is 0 Å². The first-order valence-electron chi connectivity index (χ1n) is 5.28. The average Bonchev–Trinajstić information content (AvgIpc) is 2.28. The van der Waals surface area contributed by atoms with Gasteiger partial charge >= 0.3 is 5.97 Å². The number of esters is 1. The zero-order valence-corrected chi connectivity index (χ0v) is 9.95. The number of nitrogens with one attached hydrogen (secondary N) is 1. The van der Waals surface area contributed by atoms with Crippen molar-refractivity contribution in [1.29, 1.82) is 0 Å². The van der Waals surface area contributed by atoms with E-state index in [2.05, 4.69) is 11.9 Å². The van der Waals surface area contributed by atoms with Gasteiger partial charge < -0.3 is 10.1 Å². The highest BCUT2D eigenvalue weighted by Crippen LogP contribution is 2.11. The fourth-order valence-electron chi connectivity index (χ4n) is 1.31. The Kier molecular flexibility index (Phi) is 4.46. The minimum Gasteiger partial charge on any atom is -0.462 e. The Balaban J connectivity index is 2.77. The third kappa shape index (κ3) is 3.75. The lowest BCUT2D eigenvalue weighted by Crippen LogP contribution is -2.17. The van der Waals surface area contributed by atoms with Gasteiger partial charge in [0.05, 0.1) is 12.2 Å². The summed E-state index contributed by atoms with van der Waals surface area (Å²) in [5.41, 5.74) is 1.74. The predicted octanol–water partition coefficient (Wildman–Crippen LogP) is 1.97. The van der Waals surface area contributed by atoms with Crippen molar-refractivity contribution in [2.75, 3.05) is 6.61 Å². The quantitative estimate of drug-likeness (QED) is 0.809. The van der Waals surface area contributed by atoms with Crippen LogP contribution in [-0.2, 0) is 9.53 Å². The Bertz CT molecular complexity index is 434. The second-order valence-electron chi connectivity index (χ2n) is 3.46. The van der Waals surface area contributed by atoms with Crippen LogP contribution in [-0.4, -0.2) is 18.5 Å². The molecule has 4 heteroatoms. The molecular weight excluding hydrogens is 218 g/mol. The molecule has 0 unspecified atom stereocenters. The lowest BCUT2D eigenvalue weighted by molar-refractivity contribution is -0.117. The molecule has 0 bridgehead atoms. The Morgan fingerprint density at radius 2 is 1.76 bits per heavy atom. The smallest absolute Gasteiger partial charge is 0.338 e. The standard InChI is InChI=1S/C13H15NO3/c1-4-17-13(16)12-7-5-11(6-8-12)9(2)14-10(3)15/h5-8H,2,4H2,1,3H3,(H,14,15). The Morgan fingerprint density at radius 3 is 2.24 bits per heavy atom. The molecule has 0 radical (unpaired) electrons. The van der Waals surface area contributed by atoms with E-state index in [1.165, 1.54) is 6.92 Å². The third-order valence-corrected chi connectivity index (χ3v) is 2.07. The normalized spacial score (nSPS) is 9.53. The zero-order chi connectivity index (χ0) is 12.8. The fraction of sp³-hybridized carbons (Fsp3) is 0.231. The maximum Gasteiger partial charge on any atom is 0.338 e. The summed E-state index contributed by atoms with van der Waals surface area (Å²) in [6.45, 7) is 7.24. The van der Waals surface area contributed by atoms with E-state index in [9.17, 15) is 9.59 Å². The molecule has 0 saturated carbocycles. The SMILES string of the molecule is C=C(NC(C)=O)c1ccc(C(=O)OCC)cc1. The monoisotopic (exact) mass is 233 g/mol. The minimum absolute atomic E-state index is 0.176. The molecule has 0 spiro atoms. The van der Waals surface area contributed by atoms with Gasteiger partial charge in [-0.1, -0.05) is 18.7 Å². The van der Waals surface area contributed by atoms with E-state index in [4.69, 9.17) is 4.74 Å². The summed E-state index contributed by atoms with van der Waals surface area (Å²) in [5, 5.41) is 2.58. The largest absolute Gasteiger partial charge is 0.462 e. The molecule has 0 aliphatic rings. The molecule has 90 valence electrons. The zero-order valence-electron chi connectivity index (χ0n) is 9.95. The van der Waals surface area contributed by atoms with Crippen molar-refractivity contribution in [1.82, 2.24) is 5.32 Å². The molecule has 1 N–H and O–H groups in total. The van der Waals surface area contributed by atoms with E-state index < -0.39 is 0 Å². The number of rotatable bonds is 4. The molecule has 0 aromatic heterocycles. The van der Waals surface area contributed by atoms with Crippen LogP contribution in [0.5, 0.6) is 0 Å². The molecule has 0 aliphatic heterocycles. The number of hydrogen-bond donors (Lipinski definition) is 1. The van der Waals surface area contributed by atoms with Gasteiger partial charge in [-0.15, -0.1) is 0 Å². The number of carbonyl (C=O) groups excluding carboxylic acids is 2. The Morgan fingerprint density at radius 1 is 1.24 bits per heavy atom. The van der Waals surface area contributed by atoms with Gasteiger partial charge in [-0.2, -0.15) is 0 Å². The van der Waals surface area contributed by atoms with Gasteiger partial charge in [0, 0.05) is 12.6 Å². The molecule has 0 heterocycles. The maximum absolute atomic E-state index is 11.4. The van der Waals surface area contributed by atoms with Crippen molar-refractivity contribution in [3.63, 3.8) is 0 Å². The van der Waals surface area contributed by atoms with Crippen molar-refractivity contribution in [3.8, 4) is 0 Å². The first kappa shape index (κ1) is 13.0. The van der Waals surface area contributed by atoms with Crippen LogP contribution < -0.4 is 5.32 Å². The molecule has 1 rings (SSSR count). The van der Waals surface area contributed by atoms with Gasteiger partial charge in [0.2, 0.25) is 5.91 Å². The van der Waals surface area contributed by atoms with Gasteiger partial charge in [0.1, 0.15) is 0 Å². The minimum atomic E-state index is -0.357. The number of benzene rings is 1. The predicted molar refractivity (Wildman–Crippen MR) is 65.2 cm³/mol. The van der Waals surface area contributed by atoms with E-state index in [0.29, 0.717) is 17.9 Å². The number of ether oxygens (including phenoxy) is 1. The number of hydrogen-bond acceptors (Lipinski definition) is 3. The van der Waals surface area contributed by atoms with Crippen LogP contribution in [0.3, 0.4) is 0 Å². The molecule has 1 amide bonds. The van der Waals surface area contributed by atoms with Gasteiger partial charge in [0.15, 0.2) is 0 Å². The third-order valence-electron chi connectivity index (χ3n) is 2.07. The second-order valence-corrected chi connectivity index (χ2v) is 3.46. The Labute approximate surface area is 100 Å². The molecule has 17 heavy (non-hydrogen) atoms. The Hall–Kier alpha value is -2.10. The first-order valence-corrected chi connectivity index (χ1v) is 5.28. The van der Waals surface area contributed by atoms with E-state index >= 15 is 0 Å². The highest BCUT2D eigenvalue weighted by Gasteiger charge is 2.06. The fourth-order valence-corrected chi connectivity index (χ4v) is 1.31. The van der Waals surface area contributed by atoms with Crippen LogP contribution in [0, 0.1) is 0 Å². The van der Waals surface area contributed by atoms with E-state index in [1.54, 1.807) is 31.2 Å². The number of carbonyl (C=O) groups is 2. The molecule has 1 aromatic rings. The molecule has 1 aromatic carbocycles. The van der Waals surface area contributed by atoms with Gasteiger partial charge in [-0.05, 0) is 24.6 Å². The lowest BCUT2D eigenvalue weighted by Gasteiger charge is -2.07. The van der Waals surface area contributed by atoms with Crippen LogP contribution >= 0.6 is 0 Å². The van der Waals surface area contributed by atoms with Crippen molar-refractivity contribution >= 4 is 17.6 Å². The van der Waals surface area contributed by atoms with Crippen molar-refractivity contribution in [2.24, 2.45) is 0 Å². The van der Waals surface area contributed by atoms with Crippen LogP contribution in [0.4, 0.5) is 0 Å². The molecule has 4 nitrogen and oxygen atoms in total. The van der Waals surface area contributed by atoms with Gasteiger partial charge in [-0.3, -0.25) is 4.79 Å². The summed E-state index contributed by atoms with van der Waals surface area (Å²) < 4.78 is 4.86. The lowest BCUT2D eigenvalue weighted by atomic mass is 10.1. The molecule has 0 aliphatic carbocycles. The van der Waals surface area contributed by atoms with Crippen molar-refractivity contribution in [3.05, 3.63) is 42.0 Å². The van der Waals surface area contributed by atoms with Gasteiger partial charge in [-0.25, -0.2) is 4.79 Å². The van der Waals surface area contributed by atoms with E-state index in [0.717, 1.165) is 5.56 Å². The molecule has 0 atom stereocenters. The van der Waals surface area contributed by atoms with Crippen LogP contribution in [0.25, 0.3) is 5.70 Å². The summed E-state index contributed by atoms with van der Waals surface area (Å²) >= 11 is 0. The van der Waals surface area contributed by atoms with E-state index in [-0.39, 0.29) is 11.9 Å². The summed E-state index contributed by atoms with van der Waals surface area (Å²) in [6.07, 6.45) is 0. The maximum atomic E-state index is 11.4. The van der Waals surface area contributed by atoms with Crippen LogP contribution in [0.1, 0.15) is 29.8 Å². The second kappa shape index (κ2) is 5.84. The summed E-state index contributed by atoms with van der Waals surface area (Å²) in [4.78, 5) is 22.2. The topological polar surface area (TPSA) is 55.4 Å². The van der Waals surface area contributed by atoms with Crippen molar-refractivity contribution in [2.45, 2.75) is 13.8 Å². The first-order chi connectivity index (χ1) is 8.04. The van der Waals surface area contributed by atoms with Crippen LogP contribution in [0.2, 0.25) is 0 Å². The molecular formula is C13H15NO3. The molecule has 0 fully saturated rings. The van der Waals surface area contributed by atoms with Gasteiger partial charge in [0.25, 0.3) is 0 Å². The average molecular weight is 233 g/mol. The van der Waals surface area contributed by atoms with Crippen LogP contribution in [0.15, 0.2) is 30.8 Å². The summed E-state index contributed by atoms with van der Waals surface area (Å²) in [7, 11) is 0. The van der Waals surface area contributed by atoms with Crippen molar-refractivity contribution < 1.29 is 14.3 Å². The molecule has 0 saturated heterocycles. The number of amides is 1. The highest BCUT2D eigenvalue weighted by molar-refractivity contribution is 5.90.